The van der Waals surface area contributed by atoms with Crippen molar-refractivity contribution in [3.8, 4) is 44.5 Å². The fourth-order valence-corrected chi connectivity index (χ4v) is 6.56. The second kappa shape index (κ2) is 11.4. The van der Waals surface area contributed by atoms with Crippen LogP contribution in [0.25, 0.3) is 66.1 Å². The lowest BCUT2D eigenvalue weighted by atomic mass is 9.86. The second-order valence-electron chi connectivity index (χ2n) is 11.8. The third-order valence-electron chi connectivity index (χ3n) is 9.18. The van der Waals surface area contributed by atoms with E-state index in [2.05, 4.69) is 166 Å². The van der Waals surface area contributed by atoms with E-state index < -0.39 is 0 Å². The van der Waals surface area contributed by atoms with Gasteiger partial charge < -0.3 is 0 Å². The van der Waals surface area contributed by atoms with Crippen molar-refractivity contribution in [3.05, 3.63) is 157 Å². The standard InChI is InChI=1S/C43H36/c1-4-29(2)38-17-7-8-19-42(38)40-21-11-20-39(30(40)3)37-16-10-15-35(27-37)33-13-9-14-34(26-33)36-25-24-32-23-22-31-12-5-6-18-41(31)43(32)28-36/h5-29H,4H2,1-3H3. The lowest BCUT2D eigenvalue weighted by molar-refractivity contribution is 0.735. The Morgan fingerprint density at radius 2 is 0.977 bits per heavy atom. The molecular weight excluding hydrogens is 516 g/mol. The predicted molar refractivity (Wildman–Crippen MR) is 187 cm³/mol. The van der Waals surface area contributed by atoms with Crippen LogP contribution in [0.2, 0.25) is 0 Å². The zero-order valence-electron chi connectivity index (χ0n) is 25.1. The summed E-state index contributed by atoms with van der Waals surface area (Å²) in [7, 11) is 0. The van der Waals surface area contributed by atoms with Crippen molar-refractivity contribution in [1.29, 1.82) is 0 Å². The van der Waals surface area contributed by atoms with Crippen molar-refractivity contribution in [2.45, 2.75) is 33.1 Å². The molecule has 0 radical (unpaired) electrons. The number of fused-ring (bicyclic) bond motifs is 3. The van der Waals surface area contributed by atoms with Gasteiger partial charge in [-0.05, 0) is 115 Å². The van der Waals surface area contributed by atoms with Crippen molar-refractivity contribution in [2.75, 3.05) is 0 Å². The Morgan fingerprint density at radius 3 is 1.74 bits per heavy atom. The van der Waals surface area contributed by atoms with Gasteiger partial charge in [0.25, 0.3) is 0 Å². The number of hydrogen-bond donors (Lipinski definition) is 0. The first-order valence-electron chi connectivity index (χ1n) is 15.4. The molecule has 0 amide bonds. The molecule has 0 heteroatoms. The van der Waals surface area contributed by atoms with Crippen LogP contribution in [-0.4, -0.2) is 0 Å². The fourth-order valence-electron chi connectivity index (χ4n) is 6.56. The van der Waals surface area contributed by atoms with Gasteiger partial charge in [-0.3, -0.25) is 0 Å². The van der Waals surface area contributed by atoms with Gasteiger partial charge in [-0.2, -0.15) is 0 Å². The normalized spacial score (nSPS) is 12.1. The van der Waals surface area contributed by atoms with E-state index in [1.54, 1.807) is 0 Å². The SMILES string of the molecule is CCC(C)c1ccccc1-c1cccc(-c2cccc(-c3cccc(-c4ccc5ccc6ccccc6c5c4)c3)c2)c1C. The maximum Gasteiger partial charge on any atom is -0.00992 e. The van der Waals surface area contributed by atoms with E-state index in [0.29, 0.717) is 5.92 Å². The van der Waals surface area contributed by atoms with Crippen LogP contribution in [0.5, 0.6) is 0 Å². The molecule has 0 aliphatic carbocycles. The van der Waals surface area contributed by atoms with Gasteiger partial charge in [0.1, 0.15) is 0 Å². The number of hydrogen-bond acceptors (Lipinski definition) is 0. The first-order chi connectivity index (χ1) is 21.1. The van der Waals surface area contributed by atoms with Crippen LogP contribution in [0.4, 0.5) is 0 Å². The second-order valence-corrected chi connectivity index (χ2v) is 11.8. The zero-order chi connectivity index (χ0) is 29.3. The summed E-state index contributed by atoms with van der Waals surface area (Å²) >= 11 is 0. The number of benzene rings is 7. The molecular formula is C43H36. The van der Waals surface area contributed by atoms with Gasteiger partial charge in [0.15, 0.2) is 0 Å². The van der Waals surface area contributed by atoms with Crippen LogP contribution < -0.4 is 0 Å². The minimum Gasteiger partial charge on any atom is -0.0648 e. The molecule has 7 aromatic rings. The quantitative estimate of drug-likeness (QED) is 0.180. The van der Waals surface area contributed by atoms with Gasteiger partial charge in [0, 0.05) is 0 Å². The Kier molecular flexibility index (Phi) is 7.13. The van der Waals surface area contributed by atoms with Crippen molar-refractivity contribution >= 4 is 21.5 Å². The molecule has 0 saturated carbocycles. The Morgan fingerprint density at radius 1 is 0.442 bits per heavy atom. The van der Waals surface area contributed by atoms with Crippen molar-refractivity contribution in [1.82, 2.24) is 0 Å². The van der Waals surface area contributed by atoms with Crippen LogP contribution in [-0.2, 0) is 0 Å². The van der Waals surface area contributed by atoms with Gasteiger partial charge in [0.2, 0.25) is 0 Å². The molecule has 43 heavy (non-hydrogen) atoms. The van der Waals surface area contributed by atoms with Gasteiger partial charge in [0.05, 0.1) is 0 Å². The smallest absolute Gasteiger partial charge is 0.00992 e. The highest BCUT2D eigenvalue weighted by atomic mass is 14.2. The average molecular weight is 553 g/mol. The number of rotatable bonds is 6. The molecule has 0 bridgehead atoms. The summed E-state index contributed by atoms with van der Waals surface area (Å²) in [5.41, 5.74) is 12.9. The summed E-state index contributed by atoms with van der Waals surface area (Å²) in [5, 5.41) is 5.15. The molecule has 208 valence electrons. The van der Waals surface area contributed by atoms with Crippen LogP contribution in [0.15, 0.2) is 146 Å². The van der Waals surface area contributed by atoms with Gasteiger partial charge in [-0.25, -0.2) is 0 Å². The Balaban J connectivity index is 1.27. The molecule has 0 aliphatic heterocycles. The first kappa shape index (κ1) is 26.9. The van der Waals surface area contributed by atoms with E-state index in [1.807, 2.05) is 0 Å². The first-order valence-corrected chi connectivity index (χ1v) is 15.4. The van der Waals surface area contributed by atoms with Crippen molar-refractivity contribution in [2.24, 2.45) is 0 Å². The van der Waals surface area contributed by atoms with Gasteiger partial charge in [-0.15, -0.1) is 0 Å². The third-order valence-corrected chi connectivity index (χ3v) is 9.18. The van der Waals surface area contributed by atoms with E-state index in [4.69, 9.17) is 0 Å². The Bertz CT molecular complexity index is 2090. The molecule has 0 nitrogen and oxygen atoms in total. The monoisotopic (exact) mass is 552 g/mol. The molecule has 7 aromatic carbocycles. The summed E-state index contributed by atoms with van der Waals surface area (Å²) in [6.45, 7) is 6.87. The highest BCUT2D eigenvalue weighted by Gasteiger charge is 2.15. The summed E-state index contributed by atoms with van der Waals surface area (Å²) in [4.78, 5) is 0. The topological polar surface area (TPSA) is 0 Å². The highest BCUT2D eigenvalue weighted by molar-refractivity contribution is 6.08. The molecule has 0 aromatic heterocycles. The molecule has 0 N–H and O–H groups in total. The summed E-state index contributed by atoms with van der Waals surface area (Å²) in [5.74, 6) is 0.524. The fraction of sp³-hybridized carbons (Fsp3) is 0.116. The Hall–Kier alpha value is -4.94. The minimum atomic E-state index is 0.524. The molecule has 1 atom stereocenters. The largest absolute Gasteiger partial charge is 0.0648 e. The maximum absolute atomic E-state index is 2.35. The molecule has 0 heterocycles. The summed E-state index contributed by atoms with van der Waals surface area (Å²) in [6, 6.07) is 53.6. The van der Waals surface area contributed by atoms with Crippen LogP contribution in [0, 0.1) is 6.92 Å². The maximum atomic E-state index is 2.35. The minimum absolute atomic E-state index is 0.524. The lowest BCUT2D eigenvalue weighted by Gasteiger charge is -2.18. The van der Waals surface area contributed by atoms with E-state index in [0.717, 1.165) is 6.42 Å². The molecule has 0 spiro atoms. The van der Waals surface area contributed by atoms with E-state index in [-0.39, 0.29) is 0 Å². The molecule has 7 rings (SSSR count). The van der Waals surface area contributed by atoms with Crippen LogP contribution in [0.3, 0.4) is 0 Å². The zero-order valence-corrected chi connectivity index (χ0v) is 25.1. The van der Waals surface area contributed by atoms with E-state index in [1.165, 1.54) is 77.2 Å². The van der Waals surface area contributed by atoms with Crippen LogP contribution >= 0.6 is 0 Å². The molecule has 1 unspecified atom stereocenters. The van der Waals surface area contributed by atoms with E-state index >= 15 is 0 Å². The third kappa shape index (κ3) is 5.04. The highest BCUT2D eigenvalue weighted by Crippen LogP contribution is 2.38. The van der Waals surface area contributed by atoms with E-state index in [9.17, 15) is 0 Å². The molecule has 0 saturated heterocycles. The molecule has 0 fully saturated rings. The summed E-state index contributed by atoms with van der Waals surface area (Å²) in [6.07, 6.45) is 1.13. The van der Waals surface area contributed by atoms with Gasteiger partial charge in [-0.1, -0.05) is 141 Å². The summed E-state index contributed by atoms with van der Waals surface area (Å²) < 4.78 is 0. The van der Waals surface area contributed by atoms with Crippen molar-refractivity contribution in [3.63, 3.8) is 0 Å². The lowest BCUT2D eigenvalue weighted by Crippen LogP contribution is -1.97. The molecule has 0 aliphatic rings. The van der Waals surface area contributed by atoms with Crippen LogP contribution in [0.1, 0.15) is 37.3 Å². The predicted octanol–water partition coefficient (Wildman–Crippen LogP) is 12.5. The Labute approximate surface area is 255 Å². The van der Waals surface area contributed by atoms with Crippen molar-refractivity contribution < 1.29 is 0 Å². The average Bonchev–Trinajstić information content (AvgIpc) is 3.08. The van der Waals surface area contributed by atoms with Gasteiger partial charge >= 0.3 is 0 Å².